The molecule has 0 saturated carbocycles. The fourth-order valence-electron chi connectivity index (χ4n) is 8.50. The van der Waals surface area contributed by atoms with Crippen molar-refractivity contribution in [2.45, 2.75) is 9.79 Å². The summed E-state index contributed by atoms with van der Waals surface area (Å²) in [6.07, 6.45) is 0. The monoisotopic (exact) mass is 692 g/mol. The van der Waals surface area contributed by atoms with Crippen molar-refractivity contribution in [2.75, 3.05) is 0 Å². The molecule has 0 bridgehead atoms. The zero-order valence-corrected chi connectivity index (χ0v) is 29.2. The van der Waals surface area contributed by atoms with Gasteiger partial charge in [-0.15, -0.1) is 0 Å². The van der Waals surface area contributed by atoms with Gasteiger partial charge in [0.05, 0.1) is 33.3 Å². The minimum Gasteiger partial charge on any atom is -0.309 e. The summed E-state index contributed by atoms with van der Waals surface area (Å²) in [6, 6.07) is 61.3. The van der Waals surface area contributed by atoms with Gasteiger partial charge in [0.15, 0.2) is 0 Å². The van der Waals surface area contributed by atoms with Crippen LogP contribution in [0.2, 0.25) is 0 Å². The van der Waals surface area contributed by atoms with Crippen LogP contribution in [0.5, 0.6) is 0 Å². The molecule has 0 saturated heterocycles. The highest BCUT2D eigenvalue weighted by molar-refractivity contribution is 7.99. The number of rotatable bonds is 3. The molecule has 11 aromatic rings. The Morgan fingerprint density at radius 2 is 1.06 bits per heavy atom. The topological polar surface area (TPSA) is 35.6 Å². The van der Waals surface area contributed by atoms with Crippen LogP contribution in [-0.2, 0) is 0 Å². The number of fused-ring (bicyclic) bond motifs is 9. The lowest BCUT2D eigenvalue weighted by atomic mass is 10.00. The van der Waals surface area contributed by atoms with Crippen LogP contribution < -0.4 is 0 Å². The minimum absolute atomic E-state index is 0.685. The van der Waals surface area contributed by atoms with E-state index in [9.17, 15) is 0 Å². The fourth-order valence-corrected chi connectivity index (χ4v) is 9.61. The maximum atomic E-state index is 5.40. The maximum Gasteiger partial charge on any atom is 0.235 e. The summed E-state index contributed by atoms with van der Waals surface area (Å²) < 4.78 is 4.64. The van der Waals surface area contributed by atoms with E-state index in [1.165, 1.54) is 64.3 Å². The quantitative estimate of drug-likeness (QED) is 0.185. The van der Waals surface area contributed by atoms with Crippen LogP contribution in [0.1, 0.15) is 0 Å². The number of aromatic nitrogens is 4. The third kappa shape index (κ3) is 4.20. The van der Waals surface area contributed by atoms with Crippen LogP contribution in [0, 0.1) is 0 Å². The number of para-hydroxylation sites is 2. The van der Waals surface area contributed by atoms with E-state index < -0.39 is 0 Å². The lowest BCUT2D eigenvalue weighted by Crippen LogP contribution is -2.05. The van der Waals surface area contributed by atoms with Crippen molar-refractivity contribution in [1.29, 1.82) is 0 Å². The molecule has 0 fully saturated rings. The molecular weight excluding hydrogens is 665 g/mol. The fraction of sp³-hybridized carbons (Fsp3) is 0. The van der Waals surface area contributed by atoms with Crippen molar-refractivity contribution in [1.82, 2.24) is 19.1 Å². The summed E-state index contributed by atoms with van der Waals surface area (Å²) in [5, 5.41) is 8.38. The Bertz CT molecular complexity index is 3320. The molecule has 1 aliphatic rings. The lowest BCUT2D eigenvalue weighted by Gasteiger charge is -2.20. The van der Waals surface area contributed by atoms with E-state index in [1.807, 2.05) is 0 Å². The summed E-state index contributed by atoms with van der Waals surface area (Å²) in [6.45, 7) is 0. The molecule has 5 heteroatoms. The average Bonchev–Trinajstić information content (AvgIpc) is 3.72. The molecule has 0 amide bonds. The second-order valence-electron chi connectivity index (χ2n) is 13.8. The smallest absolute Gasteiger partial charge is 0.235 e. The van der Waals surface area contributed by atoms with Crippen molar-refractivity contribution < 1.29 is 0 Å². The van der Waals surface area contributed by atoms with E-state index in [0.29, 0.717) is 5.95 Å². The predicted octanol–water partition coefficient (Wildman–Crippen LogP) is 12.8. The first-order chi connectivity index (χ1) is 26.3. The van der Waals surface area contributed by atoms with E-state index in [0.717, 1.165) is 38.9 Å². The second-order valence-corrected chi connectivity index (χ2v) is 14.9. The van der Waals surface area contributed by atoms with Crippen molar-refractivity contribution in [3.05, 3.63) is 170 Å². The Hall–Kier alpha value is -6.69. The van der Waals surface area contributed by atoms with Crippen LogP contribution in [0.3, 0.4) is 0 Å². The number of benzene rings is 8. The van der Waals surface area contributed by atoms with Crippen LogP contribution >= 0.6 is 11.8 Å². The van der Waals surface area contributed by atoms with E-state index >= 15 is 0 Å². The Morgan fingerprint density at radius 3 is 1.91 bits per heavy atom. The molecule has 0 aliphatic carbocycles. The maximum absolute atomic E-state index is 5.40. The molecule has 4 nitrogen and oxygen atoms in total. The Labute approximate surface area is 308 Å². The largest absolute Gasteiger partial charge is 0.309 e. The molecule has 0 unspecified atom stereocenters. The van der Waals surface area contributed by atoms with Gasteiger partial charge in [0, 0.05) is 48.0 Å². The molecule has 1 aliphatic heterocycles. The Kier molecular flexibility index (Phi) is 5.96. The van der Waals surface area contributed by atoms with Gasteiger partial charge in [-0.25, -0.2) is 9.97 Å². The van der Waals surface area contributed by atoms with Crippen molar-refractivity contribution in [2.24, 2.45) is 0 Å². The van der Waals surface area contributed by atoms with Crippen molar-refractivity contribution >= 4 is 77.0 Å². The molecule has 53 heavy (non-hydrogen) atoms. The molecule has 4 heterocycles. The summed E-state index contributed by atoms with van der Waals surface area (Å²) in [5.74, 6) is 0.685. The van der Waals surface area contributed by atoms with Crippen molar-refractivity contribution in [3.8, 4) is 34.0 Å². The van der Waals surface area contributed by atoms with Crippen molar-refractivity contribution in [3.63, 3.8) is 0 Å². The molecule has 8 aromatic carbocycles. The first kappa shape index (κ1) is 28.9. The molecular formula is C48H28N4S. The first-order valence-corrected chi connectivity index (χ1v) is 18.7. The molecule has 0 N–H and O–H groups in total. The Morgan fingerprint density at radius 1 is 0.415 bits per heavy atom. The van der Waals surface area contributed by atoms with Gasteiger partial charge in [0.25, 0.3) is 0 Å². The third-order valence-electron chi connectivity index (χ3n) is 10.9. The van der Waals surface area contributed by atoms with Gasteiger partial charge in [-0.2, -0.15) is 0 Å². The number of nitrogens with zero attached hydrogens (tertiary/aromatic N) is 4. The van der Waals surface area contributed by atoms with Gasteiger partial charge in [-0.3, -0.25) is 4.57 Å². The van der Waals surface area contributed by atoms with Gasteiger partial charge in [0.1, 0.15) is 0 Å². The third-order valence-corrected chi connectivity index (χ3v) is 12.0. The lowest BCUT2D eigenvalue weighted by molar-refractivity contribution is 1.01. The standard InChI is InChI=1S/C48H28N4S/c1-2-13-33(14-3-1)51-40-18-8-6-15-34(40)36-26-31(21-23-41(36)51)32-22-24-42-37(27-32)38-25-29-11-4-5-12-30(29)28-43(38)52(42)48-49-39-17-10-20-45-46(39)47(50-48)35-16-7-9-19-44(35)53-45/h1-28H. The highest BCUT2D eigenvalue weighted by atomic mass is 32.2. The van der Waals surface area contributed by atoms with E-state index in [1.54, 1.807) is 11.8 Å². The number of hydrogen-bond donors (Lipinski definition) is 0. The SMILES string of the molecule is c1ccc(-n2c3ccccc3c3cc(-c4ccc5c(c4)c4cc6ccccc6cc4n5-c4nc5c6c(cccc6n4)Sc4ccccc4-5)ccc32)cc1. The molecule has 0 radical (unpaired) electrons. The molecule has 0 atom stereocenters. The molecule has 3 aromatic heterocycles. The molecule has 12 rings (SSSR count). The van der Waals surface area contributed by atoms with E-state index in [2.05, 4.69) is 179 Å². The zero-order valence-electron chi connectivity index (χ0n) is 28.4. The zero-order chi connectivity index (χ0) is 34.6. The van der Waals surface area contributed by atoms with Gasteiger partial charge in [0.2, 0.25) is 5.95 Å². The van der Waals surface area contributed by atoms with Gasteiger partial charge >= 0.3 is 0 Å². The summed E-state index contributed by atoms with van der Waals surface area (Å²) >= 11 is 1.80. The van der Waals surface area contributed by atoms with Gasteiger partial charge < -0.3 is 4.57 Å². The number of hydrogen-bond acceptors (Lipinski definition) is 3. The highest BCUT2D eigenvalue weighted by Crippen LogP contribution is 2.47. The van der Waals surface area contributed by atoms with E-state index in [-0.39, 0.29) is 0 Å². The first-order valence-electron chi connectivity index (χ1n) is 17.9. The predicted molar refractivity (Wildman–Crippen MR) is 221 cm³/mol. The summed E-state index contributed by atoms with van der Waals surface area (Å²) in [5.41, 5.74) is 11.2. The van der Waals surface area contributed by atoms with Gasteiger partial charge in [-0.05, 0) is 94.7 Å². The summed E-state index contributed by atoms with van der Waals surface area (Å²) in [7, 11) is 0. The summed E-state index contributed by atoms with van der Waals surface area (Å²) in [4.78, 5) is 13.1. The highest BCUT2D eigenvalue weighted by Gasteiger charge is 2.24. The van der Waals surface area contributed by atoms with E-state index in [4.69, 9.17) is 9.97 Å². The molecule has 0 spiro atoms. The molecule has 246 valence electrons. The Balaban J connectivity index is 1.11. The minimum atomic E-state index is 0.685. The average molecular weight is 693 g/mol. The van der Waals surface area contributed by atoms with Crippen LogP contribution in [-0.4, -0.2) is 19.1 Å². The van der Waals surface area contributed by atoms with Crippen LogP contribution in [0.15, 0.2) is 180 Å². The van der Waals surface area contributed by atoms with Gasteiger partial charge in [-0.1, -0.05) is 109 Å². The van der Waals surface area contributed by atoms with Crippen LogP contribution in [0.4, 0.5) is 0 Å². The second kappa shape index (κ2) is 10.9. The normalized spacial score (nSPS) is 12.5. The van der Waals surface area contributed by atoms with Crippen LogP contribution in [0.25, 0.3) is 99.3 Å².